The highest BCUT2D eigenvalue weighted by molar-refractivity contribution is 7.98. The van der Waals surface area contributed by atoms with Crippen molar-refractivity contribution in [1.29, 1.82) is 0 Å². The van der Waals surface area contributed by atoms with Crippen molar-refractivity contribution in [3.8, 4) is 0 Å². The summed E-state index contributed by atoms with van der Waals surface area (Å²) >= 11 is 1.94. The fourth-order valence-electron chi connectivity index (χ4n) is 1.79. The Hall–Kier alpha value is 0.310. The van der Waals surface area contributed by atoms with Crippen LogP contribution >= 0.6 is 11.8 Å². The SMILES string of the molecule is CCC(C)CC(CC)NC(C)CCSC. The van der Waals surface area contributed by atoms with Crippen molar-refractivity contribution in [3.05, 3.63) is 0 Å². The van der Waals surface area contributed by atoms with E-state index in [0.717, 1.165) is 12.0 Å². The molecule has 0 saturated carbocycles. The average molecular weight is 231 g/mol. The lowest BCUT2D eigenvalue weighted by Gasteiger charge is -2.24. The molecule has 0 rings (SSSR count). The van der Waals surface area contributed by atoms with Crippen molar-refractivity contribution in [2.24, 2.45) is 5.92 Å². The van der Waals surface area contributed by atoms with Gasteiger partial charge in [-0.1, -0.05) is 27.2 Å². The molecule has 3 unspecified atom stereocenters. The molecule has 0 spiro atoms. The van der Waals surface area contributed by atoms with Gasteiger partial charge in [-0.2, -0.15) is 11.8 Å². The van der Waals surface area contributed by atoms with Crippen molar-refractivity contribution in [3.63, 3.8) is 0 Å². The highest BCUT2D eigenvalue weighted by atomic mass is 32.2. The summed E-state index contributed by atoms with van der Waals surface area (Å²) in [6, 6.07) is 1.39. The third-order valence-corrected chi connectivity index (χ3v) is 3.80. The molecular formula is C13H29NS. The first-order valence-corrected chi connectivity index (χ1v) is 7.78. The molecule has 0 amide bonds. The monoisotopic (exact) mass is 231 g/mol. The van der Waals surface area contributed by atoms with Crippen LogP contribution in [0.1, 0.15) is 53.4 Å². The standard InChI is InChI=1S/C13H29NS/c1-6-11(3)10-13(7-2)14-12(4)8-9-15-5/h11-14H,6-10H2,1-5H3. The Morgan fingerprint density at radius 1 is 1.13 bits per heavy atom. The quantitative estimate of drug-likeness (QED) is 0.645. The van der Waals surface area contributed by atoms with E-state index >= 15 is 0 Å². The number of rotatable bonds is 9. The number of nitrogens with one attached hydrogen (secondary N) is 1. The van der Waals surface area contributed by atoms with Gasteiger partial charge in [0.25, 0.3) is 0 Å². The predicted molar refractivity (Wildman–Crippen MR) is 73.7 cm³/mol. The molecule has 0 aliphatic rings. The van der Waals surface area contributed by atoms with E-state index in [1.54, 1.807) is 0 Å². The highest BCUT2D eigenvalue weighted by Gasteiger charge is 2.12. The fourth-order valence-corrected chi connectivity index (χ4v) is 2.37. The fraction of sp³-hybridized carbons (Fsp3) is 1.00. The van der Waals surface area contributed by atoms with Crippen molar-refractivity contribution < 1.29 is 0 Å². The van der Waals surface area contributed by atoms with Crippen molar-refractivity contribution in [2.45, 2.75) is 65.5 Å². The van der Waals surface area contributed by atoms with Gasteiger partial charge in [-0.05, 0) is 44.1 Å². The predicted octanol–water partition coefficient (Wildman–Crippen LogP) is 3.93. The molecule has 2 heteroatoms. The maximum absolute atomic E-state index is 3.75. The van der Waals surface area contributed by atoms with E-state index < -0.39 is 0 Å². The van der Waals surface area contributed by atoms with Crippen molar-refractivity contribution in [1.82, 2.24) is 5.32 Å². The molecule has 0 heterocycles. The molecule has 0 aliphatic heterocycles. The third kappa shape index (κ3) is 8.15. The van der Waals surface area contributed by atoms with E-state index in [4.69, 9.17) is 0 Å². The summed E-state index contributed by atoms with van der Waals surface area (Å²) in [5.41, 5.74) is 0. The van der Waals surface area contributed by atoms with Gasteiger partial charge in [0.05, 0.1) is 0 Å². The van der Waals surface area contributed by atoms with Crippen molar-refractivity contribution >= 4 is 11.8 Å². The maximum Gasteiger partial charge on any atom is 0.00694 e. The van der Waals surface area contributed by atoms with Crippen LogP contribution in [0.25, 0.3) is 0 Å². The Bertz CT molecular complexity index is 138. The molecule has 1 nitrogen and oxygen atoms in total. The van der Waals surface area contributed by atoms with Gasteiger partial charge in [0, 0.05) is 12.1 Å². The minimum atomic E-state index is 0.673. The van der Waals surface area contributed by atoms with Gasteiger partial charge in [-0.3, -0.25) is 0 Å². The van der Waals surface area contributed by atoms with Crippen molar-refractivity contribution in [2.75, 3.05) is 12.0 Å². The topological polar surface area (TPSA) is 12.0 Å². The minimum absolute atomic E-state index is 0.673. The van der Waals surface area contributed by atoms with E-state index in [-0.39, 0.29) is 0 Å². The van der Waals surface area contributed by atoms with Gasteiger partial charge in [0.15, 0.2) is 0 Å². The smallest absolute Gasteiger partial charge is 0.00694 e. The Labute approximate surface area is 101 Å². The van der Waals surface area contributed by atoms with E-state index in [1.807, 2.05) is 11.8 Å². The zero-order chi connectivity index (χ0) is 11.7. The minimum Gasteiger partial charge on any atom is -0.311 e. The Kier molecular flexibility index (Phi) is 9.73. The molecule has 0 saturated heterocycles. The summed E-state index contributed by atoms with van der Waals surface area (Å²) in [6.07, 6.45) is 7.36. The van der Waals surface area contributed by atoms with Crippen LogP contribution in [-0.2, 0) is 0 Å². The van der Waals surface area contributed by atoms with E-state index in [0.29, 0.717) is 6.04 Å². The first-order chi connectivity index (χ1) is 7.13. The van der Waals surface area contributed by atoms with Gasteiger partial charge in [-0.15, -0.1) is 0 Å². The Morgan fingerprint density at radius 2 is 1.80 bits per heavy atom. The lowest BCUT2D eigenvalue weighted by Crippen LogP contribution is -2.37. The third-order valence-electron chi connectivity index (χ3n) is 3.15. The highest BCUT2D eigenvalue weighted by Crippen LogP contribution is 2.13. The van der Waals surface area contributed by atoms with Crippen LogP contribution in [0.15, 0.2) is 0 Å². The van der Waals surface area contributed by atoms with Crippen LogP contribution in [0.4, 0.5) is 0 Å². The molecule has 0 radical (unpaired) electrons. The average Bonchev–Trinajstić information content (AvgIpc) is 2.25. The summed E-state index contributed by atoms with van der Waals surface area (Å²) in [5.74, 6) is 2.13. The first kappa shape index (κ1) is 15.3. The molecule has 0 aromatic heterocycles. The molecular weight excluding hydrogens is 202 g/mol. The first-order valence-electron chi connectivity index (χ1n) is 6.38. The molecule has 1 N–H and O–H groups in total. The van der Waals surface area contributed by atoms with Gasteiger partial charge in [0.2, 0.25) is 0 Å². The second-order valence-corrected chi connectivity index (χ2v) is 5.69. The second kappa shape index (κ2) is 9.53. The van der Waals surface area contributed by atoms with E-state index in [2.05, 4.69) is 39.3 Å². The molecule has 0 aromatic carbocycles. The van der Waals surface area contributed by atoms with Gasteiger partial charge >= 0.3 is 0 Å². The lowest BCUT2D eigenvalue weighted by molar-refractivity contribution is 0.353. The van der Waals surface area contributed by atoms with E-state index in [1.165, 1.54) is 31.4 Å². The van der Waals surface area contributed by atoms with Crippen LogP contribution in [0.5, 0.6) is 0 Å². The summed E-state index contributed by atoms with van der Waals surface area (Å²) in [6.45, 7) is 9.25. The van der Waals surface area contributed by atoms with Gasteiger partial charge < -0.3 is 5.32 Å². The largest absolute Gasteiger partial charge is 0.311 e. The van der Waals surface area contributed by atoms with Gasteiger partial charge in [0.1, 0.15) is 0 Å². The lowest BCUT2D eigenvalue weighted by atomic mass is 9.97. The summed E-state index contributed by atoms with van der Waals surface area (Å²) in [7, 11) is 0. The van der Waals surface area contributed by atoms with Gasteiger partial charge in [-0.25, -0.2) is 0 Å². The zero-order valence-corrected chi connectivity index (χ0v) is 12.0. The van der Waals surface area contributed by atoms with Crippen LogP contribution < -0.4 is 5.32 Å². The molecule has 0 aromatic rings. The summed E-state index contributed by atoms with van der Waals surface area (Å²) in [5, 5.41) is 3.75. The number of hydrogen-bond acceptors (Lipinski definition) is 2. The Morgan fingerprint density at radius 3 is 2.27 bits per heavy atom. The maximum atomic E-state index is 3.75. The van der Waals surface area contributed by atoms with E-state index in [9.17, 15) is 0 Å². The van der Waals surface area contributed by atoms with Crippen LogP contribution in [-0.4, -0.2) is 24.1 Å². The molecule has 3 atom stereocenters. The molecule has 15 heavy (non-hydrogen) atoms. The molecule has 92 valence electrons. The zero-order valence-electron chi connectivity index (χ0n) is 11.2. The number of thioether (sulfide) groups is 1. The normalized spacial score (nSPS) is 17.4. The Balaban J connectivity index is 3.76. The summed E-state index contributed by atoms with van der Waals surface area (Å²) < 4.78 is 0. The molecule has 0 aliphatic carbocycles. The number of hydrogen-bond donors (Lipinski definition) is 1. The second-order valence-electron chi connectivity index (χ2n) is 4.70. The molecule has 0 bridgehead atoms. The summed E-state index contributed by atoms with van der Waals surface area (Å²) in [4.78, 5) is 0. The molecule has 0 fully saturated rings. The van der Waals surface area contributed by atoms with Crippen LogP contribution in [0, 0.1) is 5.92 Å². The van der Waals surface area contributed by atoms with Crippen LogP contribution in [0.2, 0.25) is 0 Å². The van der Waals surface area contributed by atoms with Crippen LogP contribution in [0.3, 0.4) is 0 Å².